The molecule has 0 bridgehead atoms. The Bertz CT molecular complexity index is 881. The van der Waals surface area contributed by atoms with Crippen LogP contribution in [0.15, 0.2) is 54.6 Å². The Morgan fingerprint density at radius 3 is 2.34 bits per heavy atom. The summed E-state index contributed by atoms with van der Waals surface area (Å²) in [6, 6.07) is 16.1. The average Bonchev–Trinajstić information content (AvgIpc) is 3.21. The highest BCUT2D eigenvalue weighted by atomic mass is 16.5. The van der Waals surface area contributed by atoms with Crippen LogP contribution in [-0.4, -0.2) is 30.1 Å². The first-order valence-corrected chi connectivity index (χ1v) is 10.2. The largest absolute Gasteiger partial charge is 0.497 e. The zero-order chi connectivity index (χ0) is 20.4. The van der Waals surface area contributed by atoms with E-state index in [1.165, 1.54) is 5.56 Å². The molecule has 2 aromatic carbocycles. The van der Waals surface area contributed by atoms with Crippen molar-refractivity contribution in [2.45, 2.75) is 44.2 Å². The average molecular weight is 392 g/mol. The number of methoxy groups -OCH3 is 1. The van der Waals surface area contributed by atoms with E-state index >= 15 is 0 Å². The molecule has 0 amide bonds. The van der Waals surface area contributed by atoms with Crippen molar-refractivity contribution in [1.29, 1.82) is 0 Å². The Kier molecular flexibility index (Phi) is 5.43. The van der Waals surface area contributed by atoms with Crippen LogP contribution < -0.4 is 15.2 Å². The van der Waals surface area contributed by atoms with Crippen molar-refractivity contribution in [3.05, 3.63) is 65.7 Å². The molecule has 2 N–H and O–H groups in total. The molecule has 0 spiro atoms. The maximum atomic E-state index is 11.4. The van der Waals surface area contributed by atoms with Crippen molar-refractivity contribution in [3.8, 4) is 5.75 Å². The molecule has 1 unspecified atom stereocenters. The van der Waals surface area contributed by atoms with Gasteiger partial charge in [-0.2, -0.15) is 0 Å². The molecule has 1 saturated carbocycles. The van der Waals surface area contributed by atoms with Crippen LogP contribution in [0, 0.1) is 12.8 Å². The lowest BCUT2D eigenvalue weighted by Gasteiger charge is -2.39. The summed E-state index contributed by atoms with van der Waals surface area (Å²) in [5, 5.41) is 13.4. The van der Waals surface area contributed by atoms with Gasteiger partial charge < -0.3 is 14.6 Å². The predicted octanol–water partition coefficient (Wildman–Crippen LogP) is 3.86. The Hall–Kier alpha value is -2.63. The van der Waals surface area contributed by atoms with Crippen LogP contribution in [0.2, 0.25) is 0 Å². The van der Waals surface area contributed by atoms with E-state index < -0.39 is 5.60 Å². The first kappa shape index (κ1) is 19.7. The number of aliphatic hydroxyl groups is 1. The minimum absolute atomic E-state index is 0.0647. The SMILES string of the molecule is COc1ccc(N2NC(C3(O)CCC(C=O)CC3)C=C2c2ccc(C)cc2)cc1. The zero-order valence-electron chi connectivity index (χ0n) is 17.0. The monoisotopic (exact) mass is 392 g/mol. The van der Waals surface area contributed by atoms with Crippen molar-refractivity contribution < 1.29 is 14.6 Å². The Balaban J connectivity index is 1.66. The fourth-order valence-electron chi connectivity index (χ4n) is 4.24. The highest BCUT2D eigenvalue weighted by molar-refractivity contribution is 5.81. The van der Waals surface area contributed by atoms with Gasteiger partial charge in [0.05, 0.1) is 30.1 Å². The number of carbonyl (C=O) groups excluding carboxylic acids is 1. The second-order valence-electron chi connectivity index (χ2n) is 8.14. The number of aryl methyl sites for hydroxylation is 1. The van der Waals surface area contributed by atoms with Gasteiger partial charge >= 0.3 is 0 Å². The standard InChI is InChI=1S/C24H28N2O3/c1-17-3-5-19(6-4-17)22-15-23(24(28)13-11-18(16-27)12-14-24)25-26(22)20-7-9-21(29-2)10-8-20/h3-10,15-16,18,23,25,28H,11-14H2,1-2H3. The normalized spacial score (nSPS) is 26.9. The number of anilines is 1. The van der Waals surface area contributed by atoms with Gasteiger partial charge in [0.15, 0.2) is 0 Å². The lowest BCUT2D eigenvalue weighted by Crippen LogP contribution is -2.53. The smallest absolute Gasteiger partial charge is 0.123 e. The van der Waals surface area contributed by atoms with Crippen LogP contribution in [0.4, 0.5) is 5.69 Å². The van der Waals surface area contributed by atoms with Crippen molar-refractivity contribution in [1.82, 2.24) is 5.43 Å². The third-order valence-electron chi connectivity index (χ3n) is 6.18. The van der Waals surface area contributed by atoms with Gasteiger partial charge in [0, 0.05) is 5.92 Å². The van der Waals surface area contributed by atoms with E-state index in [9.17, 15) is 9.90 Å². The quantitative estimate of drug-likeness (QED) is 0.757. The molecule has 0 saturated heterocycles. The summed E-state index contributed by atoms with van der Waals surface area (Å²) in [7, 11) is 1.65. The van der Waals surface area contributed by atoms with Gasteiger partial charge in [-0.25, -0.2) is 5.43 Å². The number of benzene rings is 2. The molecular weight excluding hydrogens is 364 g/mol. The number of ether oxygens (including phenoxy) is 1. The van der Waals surface area contributed by atoms with Crippen LogP contribution in [0.5, 0.6) is 5.75 Å². The van der Waals surface area contributed by atoms with Crippen LogP contribution in [0.1, 0.15) is 36.8 Å². The van der Waals surface area contributed by atoms with Gasteiger partial charge in [-0.1, -0.05) is 29.8 Å². The summed E-state index contributed by atoms with van der Waals surface area (Å²) in [5.74, 6) is 0.867. The first-order chi connectivity index (χ1) is 14.0. The fourth-order valence-corrected chi connectivity index (χ4v) is 4.24. The van der Waals surface area contributed by atoms with Crippen molar-refractivity contribution in [2.24, 2.45) is 5.92 Å². The first-order valence-electron chi connectivity index (χ1n) is 10.2. The Morgan fingerprint density at radius 1 is 1.10 bits per heavy atom. The summed E-state index contributed by atoms with van der Waals surface area (Å²) in [4.78, 5) is 11.1. The minimum Gasteiger partial charge on any atom is -0.497 e. The number of rotatable bonds is 5. The van der Waals surface area contributed by atoms with E-state index in [-0.39, 0.29) is 12.0 Å². The molecule has 1 aliphatic heterocycles. The number of nitrogens with one attached hydrogen (secondary N) is 1. The third kappa shape index (κ3) is 3.93. The summed E-state index contributed by atoms with van der Waals surface area (Å²) in [6.07, 6.45) is 5.84. The lowest BCUT2D eigenvalue weighted by molar-refractivity contribution is -0.114. The lowest BCUT2D eigenvalue weighted by atomic mass is 9.75. The summed E-state index contributed by atoms with van der Waals surface area (Å²) in [5.41, 5.74) is 6.94. The van der Waals surface area contributed by atoms with E-state index in [2.05, 4.69) is 42.7 Å². The molecule has 5 nitrogen and oxygen atoms in total. The van der Waals surface area contributed by atoms with Gasteiger partial charge in [0.1, 0.15) is 12.0 Å². The highest BCUT2D eigenvalue weighted by Crippen LogP contribution is 2.39. The Labute approximate surface area is 172 Å². The molecule has 1 heterocycles. The number of nitrogens with zero attached hydrogens (tertiary/aromatic N) is 1. The van der Waals surface area contributed by atoms with Gasteiger partial charge in [-0.15, -0.1) is 0 Å². The van der Waals surface area contributed by atoms with Crippen LogP contribution in [-0.2, 0) is 4.79 Å². The molecule has 0 radical (unpaired) electrons. The number of hydrogen-bond acceptors (Lipinski definition) is 5. The zero-order valence-corrected chi connectivity index (χ0v) is 17.0. The van der Waals surface area contributed by atoms with E-state index in [0.29, 0.717) is 12.8 Å². The van der Waals surface area contributed by atoms with Gasteiger partial charge in [-0.05, 0) is 68.5 Å². The van der Waals surface area contributed by atoms with Crippen molar-refractivity contribution in [3.63, 3.8) is 0 Å². The van der Waals surface area contributed by atoms with Gasteiger partial charge in [0.2, 0.25) is 0 Å². The van der Waals surface area contributed by atoms with E-state index in [1.807, 2.05) is 29.3 Å². The molecule has 2 aromatic rings. The molecule has 152 valence electrons. The van der Waals surface area contributed by atoms with Crippen LogP contribution in [0.3, 0.4) is 0 Å². The second-order valence-corrected chi connectivity index (χ2v) is 8.14. The fraction of sp³-hybridized carbons (Fsp3) is 0.375. The van der Waals surface area contributed by atoms with Gasteiger partial charge in [-0.3, -0.25) is 5.01 Å². The molecule has 0 aromatic heterocycles. The topological polar surface area (TPSA) is 61.8 Å². The molecule has 2 aliphatic rings. The molecule has 5 heteroatoms. The second kappa shape index (κ2) is 8.01. The summed E-state index contributed by atoms with van der Waals surface area (Å²) >= 11 is 0. The minimum atomic E-state index is -0.864. The van der Waals surface area contributed by atoms with E-state index in [4.69, 9.17) is 4.74 Å². The highest BCUT2D eigenvalue weighted by Gasteiger charge is 2.43. The molecule has 4 rings (SSSR count). The summed E-state index contributed by atoms with van der Waals surface area (Å²) in [6.45, 7) is 2.07. The van der Waals surface area contributed by atoms with Crippen LogP contribution in [0.25, 0.3) is 5.70 Å². The number of hydrogen-bond donors (Lipinski definition) is 2. The summed E-state index contributed by atoms with van der Waals surface area (Å²) < 4.78 is 5.29. The molecule has 29 heavy (non-hydrogen) atoms. The van der Waals surface area contributed by atoms with Crippen molar-refractivity contribution >= 4 is 17.7 Å². The Morgan fingerprint density at radius 2 is 1.76 bits per heavy atom. The maximum Gasteiger partial charge on any atom is 0.123 e. The van der Waals surface area contributed by atoms with Gasteiger partial charge in [0.25, 0.3) is 0 Å². The number of carbonyl (C=O) groups is 1. The maximum absolute atomic E-state index is 11.4. The molecule has 1 aliphatic carbocycles. The molecule has 1 atom stereocenters. The van der Waals surface area contributed by atoms with E-state index in [0.717, 1.165) is 41.8 Å². The van der Waals surface area contributed by atoms with Crippen molar-refractivity contribution in [2.75, 3.05) is 12.1 Å². The predicted molar refractivity (Wildman–Crippen MR) is 115 cm³/mol. The molecular formula is C24H28N2O3. The van der Waals surface area contributed by atoms with E-state index in [1.54, 1.807) is 7.11 Å². The number of aldehydes is 1. The third-order valence-corrected chi connectivity index (χ3v) is 6.18. The number of hydrazine groups is 1. The molecule has 1 fully saturated rings. The van der Waals surface area contributed by atoms with Crippen LogP contribution >= 0.6 is 0 Å².